The van der Waals surface area contributed by atoms with Crippen LogP contribution in [0.5, 0.6) is 0 Å². The van der Waals surface area contributed by atoms with Gasteiger partial charge in [-0.15, -0.1) is 0 Å². The van der Waals surface area contributed by atoms with Gasteiger partial charge in [-0.25, -0.2) is 4.57 Å². The van der Waals surface area contributed by atoms with Crippen LogP contribution < -0.4 is 28.5 Å². The lowest BCUT2D eigenvalue weighted by Gasteiger charge is -1.90. The Labute approximate surface area is 87.4 Å². The van der Waals surface area contributed by atoms with E-state index < -0.39 is 4.92 Å². The third-order valence-corrected chi connectivity index (χ3v) is 1.33. The highest BCUT2D eigenvalue weighted by molar-refractivity contribution is 5.26. The van der Waals surface area contributed by atoms with Crippen molar-refractivity contribution in [2.75, 3.05) is 0 Å². The number of nitrogens with zero attached hydrogens (tertiary/aromatic N) is 2. The first-order valence-corrected chi connectivity index (χ1v) is 3.21. The minimum Gasteiger partial charge on any atom is -1.00 e. The molecule has 1 heterocycles. The van der Waals surface area contributed by atoms with E-state index in [1.165, 1.54) is 6.20 Å². The molecule has 0 atom stereocenters. The first kappa shape index (κ1) is 11.3. The van der Waals surface area contributed by atoms with Crippen molar-refractivity contribution in [3.05, 3.63) is 34.1 Å². The van der Waals surface area contributed by atoms with E-state index in [2.05, 4.69) is 0 Å². The van der Waals surface area contributed by atoms with E-state index in [9.17, 15) is 10.1 Å². The molecule has 0 radical (unpaired) electrons. The molecule has 0 amide bonds. The fraction of sp³-hybridized carbons (Fsp3) is 0.286. The van der Waals surface area contributed by atoms with Gasteiger partial charge >= 0.3 is 5.69 Å². The average Bonchev–Trinajstić information content (AvgIpc) is 1.85. The van der Waals surface area contributed by atoms with Crippen LogP contribution >= 0.6 is 0 Å². The molecule has 1 rings (SSSR count). The number of halogens is 1. The molecule has 5 heteroatoms. The summed E-state index contributed by atoms with van der Waals surface area (Å²) in [7, 11) is 1.76. The monoisotopic (exact) mass is 280 g/mol. The summed E-state index contributed by atoms with van der Waals surface area (Å²) in [6.07, 6.45) is 3.31. The molecule has 0 spiro atoms. The zero-order chi connectivity index (χ0) is 8.43. The predicted molar refractivity (Wildman–Crippen MR) is 39.0 cm³/mol. The van der Waals surface area contributed by atoms with E-state index in [4.69, 9.17) is 0 Å². The van der Waals surface area contributed by atoms with Gasteiger partial charge in [-0.2, -0.15) is 0 Å². The van der Waals surface area contributed by atoms with Crippen LogP contribution in [0.2, 0.25) is 0 Å². The molecule has 0 unspecified atom stereocenters. The SMILES string of the molecule is Cc1cc([N+](=O)[O-])c[n+](C)c1.[I-]. The van der Waals surface area contributed by atoms with Crippen LogP contribution in [-0.2, 0) is 7.05 Å². The number of hydrogen-bond donors (Lipinski definition) is 0. The molecular weight excluding hydrogens is 271 g/mol. The normalized spacial score (nSPS) is 8.83. The van der Waals surface area contributed by atoms with Gasteiger partial charge in [-0.3, -0.25) is 10.1 Å². The van der Waals surface area contributed by atoms with Gasteiger partial charge in [0, 0.05) is 11.6 Å². The summed E-state index contributed by atoms with van der Waals surface area (Å²) in [6.45, 7) is 1.83. The average molecular weight is 280 g/mol. The molecule has 0 fully saturated rings. The quantitative estimate of drug-likeness (QED) is 0.252. The zero-order valence-corrected chi connectivity index (χ0v) is 8.98. The molecule has 0 aliphatic heterocycles. The lowest BCUT2D eigenvalue weighted by atomic mass is 10.3. The van der Waals surface area contributed by atoms with Gasteiger partial charge in [0.15, 0.2) is 6.20 Å². The lowest BCUT2D eigenvalue weighted by Crippen LogP contribution is -3.00. The summed E-state index contributed by atoms with van der Waals surface area (Å²) < 4.78 is 1.67. The molecule has 0 saturated carbocycles. The van der Waals surface area contributed by atoms with E-state index in [1.807, 2.05) is 13.1 Å². The van der Waals surface area contributed by atoms with Crippen LogP contribution in [0, 0.1) is 17.0 Å². The van der Waals surface area contributed by atoms with Crippen LogP contribution in [0.15, 0.2) is 18.5 Å². The minimum absolute atomic E-state index is 0. The molecule has 0 aliphatic rings. The third kappa shape index (κ3) is 2.72. The maximum Gasteiger partial charge on any atom is 0.332 e. The topological polar surface area (TPSA) is 47.0 Å². The molecule has 0 aliphatic carbocycles. The summed E-state index contributed by atoms with van der Waals surface area (Å²) >= 11 is 0. The maximum absolute atomic E-state index is 10.3. The van der Waals surface area contributed by atoms with Gasteiger partial charge in [-0.1, -0.05) is 0 Å². The summed E-state index contributed by atoms with van der Waals surface area (Å²) in [5, 5.41) is 10.3. The highest BCUT2D eigenvalue weighted by Gasteiger charge is 2.10. The molecule has 0 aromatic carbocycles. The van der Waals surface area contributed by atoms with Crippen molar-refractivity contribution < 1.29 is 33.5 Å². The Bertz CT molecular complexity index is 281. The fourth-order valence-electron chi connectivity index (χ4n) is 0.975. The summed E-state index contributed by atoms with van der Waals surface area (Å²) in [5.41, 5.74) is 1.02. The predicted octanol–water partition coefficient (Wildman–Crippen LogP) is -2.27. The molecule has 0 bridgehead atoms. The second-order valence-corrected chi connectivity index (χ2v) is 2.49. The summed E-state index contributed by atoms with van der Waals surface area (Å²) in [5.74, 6) is 0. The minimum atomic E-state index is -0.396. The molecule has 1 aromatic heterocycles. The summed E-state index contributed by atoms with van der Waals surface area (Å²) in [4.78, 5) is 9.90. The van der Waals surface area contributed by atoms with Crippen molar-refractivity contribution >= 4 is 5.69 Å². The van der Waals surface area contributed by atoms with E-state index >= 15 is 0 Å². The molecule has 0 saturated heterocycles. The number of rotatable bonds is 1. The van der Waals surface area contributed by atoms with Crippen LogP contribution in [0.25, 0.3) is 0 Å². The van der Waals surface area contributed by atoms with Crippen LogP contribution in [0.1, 0.15) is 5.56 Å². The van der Waals surface area contributed by atoms with Crippen molar-refractivity contribution in [3.63, 3.8) is 0 Å². The van der Waals surface area contributed by atoms with E-state index in [1.54, 1.807) is 17.7 Å². The van der Waals surface area contributed by atoms with Crippen LogP contribution in [-0.4, -0.2) is 4.92 Å². The van der Waals surface area contributed by atoms with Gasteiger partial charge in [0.25, 0.3) is 0 Å². The van der Waals surface area contributed by atoms with Crippen LogP contribution in [0.4, 0.5) is 5.69 Å². The maximum atomic E-state index is 10.3. The second kappa shape index (κ2) is 4.34. The van der Waals surface area contributed by atoms with E-state index in [0.717, 1.165) is 5.56 Å². The molecular formula is C7H9IN2O2. The molecule has 12 heavy (non-hydrogen) atoms. The Morgan fingerprint density at radius 1 is 1.50 bits per heavy atom. The molecule has 66 valence electrons. The largest absolute Gasteiger partial charge is 1.00 e. The Morgan fingerprint density at radius 3 is 2.50 bits per heavy atom. The number of aromatic nitrogens is 1. The molecule has 1 aromatic rings. The Balaban J connectivity index is 0.00000121. The molecule has 4 nitrogen and oxygen atoms in total. The van der Waals surface area contributed by atoms with Crippen molar-refractivity contribution in [3.8, 4) is 0 Å². The first-order chi connectivity index (χ1) is 5.09. The highest BCUT2D eigenvalue weighted by atomic mass is 127. The lowest BCUT2D eigenvalue weighted by molar-refractivity contribution is -0.674. The fourth-order valence-corrected chi connectivity index (χ4v) is 0.975. The number of pyridine rings is 1. The Hall–Kier alpha value is -0.720. The second-order valence-electron chi connectivity index (χ2n) is 2.49. The van der Waals surface area contributed by atoms with E-state index in [-0.39, 0.29) is 29.7 Å². The third-order valence-electron chi connectivity index (χ3n) is 1.33. The van der Waals surface area contributed by atoms with Gasteiger partial charge in [-0.05, 0) is 6.92 Å². The van der Waals surface area contributed by atoms with Crippen molar-refractivity contribution in [1.82, 2.24) is 0 Å². The van der Waals surface area contributed by atoms with Gasteiger partial charge in [0.05, 0.1) is 4.92 Å². The Kier molecular flexibility index (Phi) is 4.08. The van der Waals surface area contributed by atoms with Crippen LogP contribution in [0.3, 0.4) is 0 Å². The van der Waals surface area contributed by atoms with Gasteiger partial charge < -0.3 is 24.0 Å². The molecule has 0 N–H and O–H groups in total. The van der Waals surface area contributed by atoms with E-state index in [0.29, 0.717) is 0 Å². The summed E-state index contributed by atoms with van der Waals surface area (Å²) in [6, 6.07) is 1.54. The highest BCUT2D eigenvalue weighted by Crippen LogP contribution is 2.07. The first-order valence-electron chi connectivity index (χ1n) is 3.21. The zero-order valence-electron chi connectivity index (χ0n) is 6.82. The smallest absolute Gasteiger partial charge is 0.332 e. The number of aryl methyl sites for hydroxylation is 2. The van der Waals surface area contributed by atoms with Crippen molar-refractivity contribution in [2.24, 2.45) is 7.05 Å². The number of nitro groups is 1. The van der Waals surface area contributed by atoms with Crippen molar-refractivity contribution in [2.45, 2.75) is 6.92 Å². The Morgan fingerprint density at radius 2 is 2.08 bits per heavy atom. The van der Waals surface area contributed by atoms with Gasteiger partial charge in [0.2, 0.25) is 6.20 Å². The standard InChI is InChI=1S/C7H9N2O2.HI/c1-6-3-7(9(10)11)5-8(2)4-6;/h3-5H,1-2H3;1H/q+1;/p-1. The van der Waals surface area contributed by atoms with Gasteiger partial charge in [0.1, 0.15) is 7.05 Å². The van der Waals surface area contributed by atoms with Crippen molar-refractivity contribution in [1.29, 1.82) is 0 Å². The number of hydrogen-bond acceptors (Lipinski definition) is 2.